The van der Waals surface area contributed by atoms with Crippen LogP contribution in [0, 0.1) is 0 Å². The van der Waals surface area contributed by atoms with Crippen LogP contribution >= 0.6 is 0 Å². The molecular weight excluding hydrogens is 280 g/mol. The lowest BCUT2D eigenvalue weighted by atomic mass is 10.1. The number of ether oxygens (including phenoxy) is 1. The number of nitrogens with one attached hydrogen (secondary N) is 3. The molecule has 0 spiro atoms. The Bertz CT molecular complexity index is 504. The van der Waals surface area contributed by atoms with Gasteiger partial charge in [-0.25, -0.2) is 0 Å². The summed E-state index contributed by atoms with van der Waals surface area (Å²) in [6.45, 7) is 7.29. The molecule has 0 saturated heterocycles. The lowest BCUT2D eigenvalue weighted by Crippen LogP contribution is -2.49. The highest BCUT2D eigenvalue weighted by Gasteiger charge is 2.11. The number of aliphatic imine (C=N–C) groups is 1. The first-order valence-corrected chi connectivity index (χ1v) is 7.27. The third-order valence-corrected chi connectivity index (χ3v) is 2.77. The molecule has 1 amide bonds. The average molecular weight is 306 g/mol. The van der Waals surface area contributed by atoms with E-state index in [0.717, 1.165) is 5.75 Å². The molecule has 3 N–H and O–H groups in total. The van der Waals surface area contributed by atoms with Crippen molar-refractivity contribution < 1.29 is 9.53 Å². The summed E-state index contributed by atoms with van der Waals surface area (Å²) in [7, 11) is 3.32. The summed E-state index contributed by atoms with van der Waals surface area (Å²) in [6.07, 6.45) is 0. The summed E-state index contributed by atoms with van der Waals surface area (Å²) < 4.78 is 5.06. The van der Waals surface area contributed by atoms with Gasteiger partial charge in [0, 0.05) is 31.2 Å². The first kappa shape index (κ1) is 17.8. The molecular formula is C16H26N4O2. The Morgan fingerprint density at radius 1 is 1.14 bits per heavy atom. The number of rotatable bonds is 5. The van der Waals surface area contributed by atoms with Gasteiger partial charge in [0.25, 0.3) is 5.91 Å². The second-order valence-electron chi connectivity index (χ2n) is 5.86. The van der Waals surface area contributed by atoms with Gasteiger partial charge in [-0.2, -0.15) is 0 Å². The lowest BCUT2D eigenvalue weighted by Gasteiger charge is -2.23. The highest BCUT2D eigenvalue weighted by Crippen LogP contribution is 2.10. The van der Waals surface area contributed by atoms with E-state index in [2.05, 4.69) is 41.7 Å². The predicted octanol–water partition coefficient (Wildman–Crippen LogP) is 1.39. The van der Waals surface area contributed by atoms with Crippen molar-refractivity contribution in [3.63, 3.8) is 0 Å². The number of carbonyl (C=O) groups excluding carboxylic acids is 1. The van der Waals surface area contributed by atoms with Crippen LogP contribution in [0.1, 0.15) is 31.1 Å². The Kier molecular flexibility index (Phi) is 6.69. The molecule has 122 valence electrons. The summed E-state index contributed by atoms with van der Waals surface area (Å²) in [5.74, 6) is 1.34. The Balaban J connectivity index is 2.35. The Hall–Kier alpha value is -2.24. The molecule has 22 heavy (non-hydrogen) atoms. The van der Waals surface area contributed by atoms with Crippen LogP contribution in [0.25, 0.3) is 0 Å². The second kappa shape index (κ2) is 8.26. The van der Waals surface area contributed by atoms with Crippen LogP contribution in [-0.4, -0.2) is 44.7 Å². The monoisotopic (exact) mass is 306 g/mol. The molecule has 0 aliphatic rings. The van der Waals surface area contributed by atoms with E-state index >= 15 is 0 Å². The molecule has 0 bridgehead atoms. The minimum atomic E-state index is -0.108. The molecule has 0 radical (unpaired) electrons. The number of hydrogen-bond donors (Lipinski definition) is 3. The van der Waals surface area contributed by atoms with E-state index in [-0.39, 0.29) is 11.4 Å². The van der Waals surface area contributed by atoms with Crippen molar-refractivity contribution in [1.29, 1.82) is 0 Å². The summed E-state index contributed by atoms with van der Waals surface area (Å²) >= 11 is 0. The number of benzene rings is 1. The standard InChI is InChI=1S/C16H26N4O2/c1-16(2,3)20-15(17-4)19-11-10-18-14(21)12-6-8-13(22-5)9-7-12/h6-9H,10-11H2,1-5H3,(H,18,21)(H2,17,19,20). The summed E-state index contributed by atoms with van der Waals surface area (Å²) in [6, 6.07) is 7.01. The van der Waals surface area contributed by atoms with Gasteiger partial charge in [-0.1, -0.05) is 0 Å². The molecule has 0 unspecified atom stereocenters. The van der Waals surface area contributed by atoms with Crippen LogP contribution in [0.3, 0.4) is 0 Å². The Morgan fingerprint density at radius 3 is 2.23 bits per heavy atom. The Labute approximate surface area is 132 Å². The number of methoxy groups -OCH3 is 1. The van der Waals surface area contributed by atoms with E-state index in [1.165, 1.54) is 0 Å². The van der Waals surface area contributed by atoms with Crippen LogP contribution in [0.2, 0.25) is 0 Å². The highest BCUT2D eigenvalue weighted by molar-refractivity contribution is 5.94. The maximum atomic E-state index is 12.0. The highest BCUT2D eigenvalue weighted by atomic mass is 16.5. The molecule has 1 aromatic rings. The fourth-order valence-electron chi connectivity index (χ4n) is 1.74. The molecule has 1 aromatic carbocycles. The topological polar surface area (TPSA) is 74.8 Å². The minimum absolute atomic E-state index is 0.0613. The van der Waals surface area contributed by atoms with Gasteiger partial charge in [0.05, 0.1) is 7.11 Å². The smallest absolute Gasteiger partial charge is 0.251 e. The molecule has 0 heterocycles. The van der Waals surface area contributed by atoms with Gasteiger partial charge >= 0.3 is 0 Å². The largest absolute Gasteiger partial charge is 0.497 e. The zero-order valence-corrected chi connectivity index (χ0v) is 14.0. The molecule has 0 saturated carbocycles. The van der Waals surface area contributed by atoms with Crippen molar-refractivity contribution in [2.75, 3.05) is 27.2 Å². The summed E-state index contributed by atoms with van der Waals surface area (Å²) in [4.78, 5) is 16.1. The van der Waals surface area contributed by atoms with Crippen molar-refractivity contribution in [3.05, 3.63) is 29.8 Å². The molecule has 0 aliphatic heterocycles. The average Bonchev–Trinajstić information content (AvgIpc) is 2.49. The van der Waals surface area contributed by atoms with Crippen LogP contribution in [-0.2, 0) is 0 Å². The van der Waals surface area contributed by atoms with Gasteiger partial charge < -0.3 is 20.7 Å². The quantitative estimate of drug-likeness (QED) is 0.436. The number of carbonyl (C=O) groups is 1. The fraction of sp³-hybridized carbons (Fsp3) is 0.500. The maximum Gasteiger partial charge on any atom is 0.251 e. The number of amides is 1. The van der Waals surface area contributed by atoms with Gasteiger partial charge in [-0.15, -0.1) is 0 Å². The van der Waals surface area contributed by atoms with Gasteiger partial charge in [0.1, 0.15) is 5.75 Å². The molecule has 0 aliphatic carbocycles. The molecule has 1 rings (SSSR count). The summed E-state index contributed by atoms with van der Waals surface area (Å²) in [5, 5.41) is 9.26. The van der Waals surface area contributed by atoms with Gasteiger partial charge in [0.15, 0.2) is 5.96 Å². The van der Waals surface area contributed by atoms with E-state index in [9.17, 15) is 4.79 Å². The summed E-state index contributed by atoms with van der Waals surface area (Å²) in [5.41, 5.74) is 0.548. The van der Waals surface area contributed by atoms with E-state index in [4.69, 9.17) is 4.74 Å². The van der Waals surface area contributed by atoms with Crippen molar-refractivity contribution in [2.45, 2.75) is 26.3 Å². The molecule has 0 atom stereocenters. The van der Waals surface area contributed by atoms with E-state index in [0.29, 0.717) is 24.6 Å². The Morgan fingerprint density at radius 2 is 1.73 bits per heavy atom. The van der Waals surface area contributed by atoms with Crippen LogP contribution in [0.5, 0.6) is 5.75 Å². The normalized spacial score (nSPS) is 11.8. The van der Waals surface area contributed by atoms with Crippen molar-refractivity contribution >= 4 is 11.9 Å². The van der Waals surface area contributed by atoms with E-state index < -0.39 is 0 Å². The third kappa shape index (κ3) is 6.47. The van der Waals surface area contributed by atoms with Crippen molar-refractivity contribution in [1.82, 2.24) is 16.0 Å². The van der Waals surface area contributed by atoms with Crippen molar-refractivity contribution in [3.8, 4) is 5.75 Å². The number of nitrogens with zero attached hydrogens (tertiary/aromatic N) is 1. The zero-order valence-electron chi connectivity index (χ0n) is 14.0. The number of hydrogen-bond acceptors (Lipinski definition) is 3. The molecule has 0 fully saturated rings. The van der Waals surface area contributed by atoms with Gasteiger partial charge in [-0.3, -0.25) is 9.79 Å². The van der Waals surface area contributed by atoms with E-state index in [1.807, 2.05) is 0 Å². The number of guanidine groups is 1. The third-order valence-electron chi connectivity index (χ3n) is 2.77. The van der Waals surface area contributed by atoms with Crippen molar-refractivity contribution in [2.24, 2.45) is 4.99 Å². The lowest BCUT2D eigenvalue weighted by molar-refractivity contribution is 0.0954. The first-order valence-electron chi connectivity index (χ1n) is 7.27. The van der Waals surface area contributed by atoms with Crippen LogP contribution in [0.15, 0.2) is 29.3 Å². The minimum Gasteiger partial charge on any atom is -0.497 e. The molecule has 6 nitrogen and oxygen atoms in total. The maximum absolute atomic E-state index is 12.0. The van der Waals surface area contributed by atoms with E-state index in [1.54, 1.807) is 38.4 Å². The molecule has 6 heteroatoms. The SMILES string of the molecule is CN=C(NCCNC(=O)c1ccc(OC)cc1)NC(C)(C)C. The second-order valence-corrected chi connectivity index (χ2v) is 5.86. The van der Waals surface area contributed by atoms with Gasteiger partial charge in [-0.05, 0) is 45.0 Å². The first-order chi connectivity index (χ1) is 10.4. The van der Waals surface area contributed by atoms with Crippen LogP contribution in [0.4, 0.5) is 0 Å². The van der Waals surface area contributed by atoms with Gasteiger partial charge in [0.2, 0.25) is 0 Å². The zero-order chi connectivity index (χ0) is 16.6. The molecule has 0 aromatic heterocycles. The fourth-order valence-corrected chi connectivity index (χ4v) is 1.74. The predicted molar refractivity (Wildman–Crippen MR) is 89.6 cm³/mol. The van der Waals surface area contributed by atoms with Crippen LogP contribution < -0.4 is 20.7 Å².